The van der Waals surface area contributed by atoms with Gasteiger partial charge in [-0.2, -0.15) is 0 Å². The highest BCUT2D eigenvalue weighted by Crippen LogP contribution is 2.15. The van der Waals surface area contributed by atoms with Crippen LogP contribution in [0.25, 0.3) is 0 Å². The van der Waals surface area contributed by atoms with Gasteiger partial charge in [0, 0.05) is 37.0 Å². The zero-order chi connectivity index (χ0) is 14.9. The van der Waals surface area contributed by atoms with Crippen molar-refractivity contribution in [2.75, 3.05) is 19.3 Å². The van der Waals surface area contributed by atoms with E-state index in [4.69, 9.17) is 0 Å². The number of sulfone groups is 1. The summed E-state index contributed by atoms with van der Waals surface area (Å²) in [4.78, 5) is 14.5. The van der Waals surface area contributed by atoms with E-state index in [0.717, 1.165) is 12.8 Å². The maximum atomic E-state index is 12.5. The highest BCUT2D eigenvalue weighted by Gasteiger charge is 2.27. The summed E-state index contributed by atoms with van der Waals surface area (Å²) in [7, 11) is -3.22. The summed E-state index contributed by atoms with van der Waals surface area (Å²) in [6, 6.07) is 6.53. The molecule has 1 N–H and O–H groups in total. The van der Waals surface area contributed by atoms with E-state index in [1.807, 2.05) is 18.7 Å². The lowest BCUT2D eigenvalue weighted by Crippen LogP contribution is -2.56. The van der Waals surface area contributed by atoms with Crippen LogP contribution in [0.15, 0.2) is 29.2 Å². The second-order valence-electron chi connectivity index (χ2n) is 5.41. The molecule has 1 aliphatic rings. The standard InChI is InChI=1S/C14H20N2O3S.ClH/c1-10-9-16(11(2)8-15-10)14(17)12-4-6-13(7-5-12)20(3,18)19;/h4-7,10-11,15H,8-9H2,1-3H3;1H. The number of hydrogen-bond donors (Lipinski definition) is 1. The maximum absolute atomic E-state index is 12.5. The fraction of sp³-hybridized carbons (Fsp3) is 0.500. The first-order chi connectivity index (χ1) is 9.29. The number of halogens is 1. The molecule has 1 heterocycles. The largest absolute Gasteiger partial charge is 0.333 e. The van der Waals surface area contributed by atoms with Gasteiger partial charge in [0.15, 0.2) is 9.84 Å². The molecular formula is C14H21ClN2O3S. The van der Waals surface area contributed by atoms with Crippen LogP contribution in [0.4, 0.5) is 0 Å². The van der Waals surface area contributed by atoms with Crippen LogP contribution >= 0.6 is 12.4 Å². The van der Waals surface area contributed by atoms with Gasteiger partial charge in [0.05, 0.1) is 4.90 Å². The van der Waals surface area contributed by atoms with Crippen molar-refractivity contribution >= 4 is 28.2 Å². The van der Waals surface area contributed by atoms with Crippen molar-refractivity contribution < 1.29 is 13.2 Å². The molecule has 0 saturated carbocycles. The zero-order valence-corrected chi connectivity index (χ0v) is 14.0. The molecule has 1 aliphatic heterocycles. The molecule has 2 rings (SSSR count). The Morgan fingerprint density at radius 3 is 2.33 bits per heavy atom. The highest BCUT2D eigenvalue weighted by molar-refractivity contribution is 7.90. The number of nitrogens with one attached hydrogen (secondary N) is 1. The number of carbonyl (C=O) groups is 1. The molecule has 0 radical (unpaired) electrons. The number of carbonyl (C=O) groups excluding carboxylic acids is 1. The molecule has 0 bridgehead atoms. The molecular weight excluding hydrogens is 312 g/mol. The summed E-state index contributed by atoms with van der Waals surface area (Å²) >= 11 is 0. The Morgan fingerprint density at radius 1 is 1.24 bits per heavy atom. The molecule has 7 heteroatoms. The Labute approximate surface area is 132 Å². The minimum Gasteiger partial charge on any atom is -0.333 e. The van der Waals surface area contributed by atoms with Crippen LogP contribution in [0.1, 0.15) is 24.2 Å². The van der Waals surface area contributed by atoms with Crippen molar-refractivity contribution in [2.45, 2.75) is 30.8 Å². The SMILES string of the molecule is CC1CN(C(=O)c2ccc(S(C)(=O)=O)cc2)C(C)CN1.Cl. The molecule has 5 nitrogen and oxygen atoms in total. The van der Waals surface area contributed by atoms with Crippen molar-refractivity contribution in [3.63, 3.8) is 0 Å². The van der Waals surface area contributed by atoms with E-state index in [0.29, 0.717) is 12.1 Å². The Balaban J connectivity index is 0.00000220. The van der Waals surface area contributed by atoms with Crippen molar-refractivity contribution in [1.29, 1.82) is 0 Å². The third kappa shape index (κ3) is 4.18. The van der Waals surface area contributed by atoms with Gasteiger partial charge >= 0.3 is 0 Å². The van der Waals surface area contributed by atoms with Gasteiger partial charge in [0.25, 0.3) is 5.91 Å². The summed E-state index contributed by atoms with van der Waals surface area (Å²) in [5, 5.41) is 3.32. The number of nitrogens with zero attached hydrogens (tertiary/aromatic N) is 1. The zero-order valence-electron chi connectivity index (χ0n) is 12.4. The van der Waals surface area contributed by atoms with Gasteiger partial charge in [-0.15, -0.1) is 12.4 Å². The molecule has 118 valence electrons. The smallest absolute Gasteiger partial charge is 0.254 e. The monoisotopic (exact) mass is 332 g/mol. The van der Waals surface area contributed by atoms with Crippen LogP contribution in [0.3, 0.4) is 0 Å². The normalized spacial score (nSPS) is 22.5. The Bertz CT molecular complexity index is 601. The van der Waals surface area contributed by atoms with Gasteiger partial charge in [-0.05, 0) is 38.1 Å². The first-order valence-corrected chi connectivity index (χ1v) is 8.52. The molecule has 1 aromatic carbocycles. The summed E-state index contributed by atoms with van der Waals surface area (Å²) in [5.41, 5.74) is 0.526. The minimum atomic E-state index is -3.22. The van der Waals surface area contributed by atoms with Crippen LogP contribution in [0, 0.1) is 0 Å². The number of amides is 1. The lowest BCUT2D eigenvalue weighted by molar-refractivity contribution is 0.0616. The van der Waals surface area contributed by atoms with E-state index in [9.17, 15) is 13.2 Å². The fourth-order valence-corrected chi connectivity index (χ4v) is 2.95. The van der Waals surface area contributed by atoms with E-state index in [2.05, 4.69) is 5.32 Å². The highest BCUT2D eigenvalue weighted by atomic mass is 35.5. The molecule has 2 unspecified atom stereocenters. The number of rotatable bonds is 2. The van der Waals surface area contributed by atoms with Crippen molar-refractivity contribution in [3.05, 3.63) is 29.8 Å². The van der Waals surface area contributed by atoms with Crippen LogP contribution < -0.4 is 5.32 Å². The second kappa shape index (κ2) is 6.77. The molecule has 0 spiro atoms. The van der Waals surface area contributed by atoms with Gasteiger partial charge in [-0.1, -0.05) is 0 Å². The first kappa shape index (κ1) is 17.9. The average Bonchev–Trinajstić information content (AvgIpc) is 2.40. The summed E-state index contributed by atoms with van der Waals surface area (Å²) in [6.07, 6.45) is 1.16. The number of benzene rings is 1. The lowest BCUT2D eigenvalue weighted by Gasteiger charge is -2.37. The molecule has 1 amide bonds. The van der Waals surface area contributed by atoms with E-state index in [1.165, 1.54) is 12.1 Å². The third-order valence-corrected chi connectivity index (χ3v) is 4.68. The number of hydrogen-bond acceptors (Lipinski definition) is 4. The third-order valence-electron chi connectivity index (χ3n) is 3.55. The van der Waals surface area contributed by atoms with Gasteiger partial charge in [0.2, 0.25) is 0 Å². The molecule has 1 fully saturated rings. The molecule has 1 aromatic rings. The molecule has 0 aromatic heterocycles. The second-order valence-corrected chi connectivity index (χ2v) is 7.43. The predicted molar refractivity (Wildman–Crippen MR) is 84.8 cm³/mol. The Hall–Kier alpha value is -1.11. The van der Waals surface area contributed by atoms with E-state index < -0.39 is 9.84 Å². The lowest BCUT2D eigenvalue weighted by atomic mass is 10.1. The van der Waals surface area contributed by atoms with Gasteiger partial charge in [-0.25, -0.2) is 8.42 Å². The van der Waals surface area contributed by atoms with Crippen LogP contribution in [-0.4, -0.2) is 50.7 Å². The molecule has 2 atom stereocenters. The molecule has 1 saturated heterocycles. The van der Waals surface area contributed by atoms with Crippen molar-refractivity contribution in [1.82, 2.24) is 10.2 Å². The van der Waals surface area contributed by atoms with Gasteiger partial charge < -0.3 is 10.2 Å². The van der Waals surface area contributed by atoms with Crippen molar-refractivity contribution in [2.24, 2.45) is 0 Å². The fourth-order valence-electron chi connectivity index (χ4n) is 2.32. The van der Waals surface area contributed by atoms with E-state index >= 15 is 0 Å². The summed E-state index contributed by atoms with van der Waals surface area (Å²) in [5.74, 6) is -0.0501. The van der Waals surface area contributed by atoms with Crippen LogP contribution in [0.5, 0.6) is 0 Å². The van der Waals surface area contributed by atoms with Crippen molar-refractivity contribution in [3.8, 4) is 0 Å². The van der Waals surface area contributed by atoms with Crippen LogP contribution in [0.2, 0.25) is 0 Å². The summed E-state index contributed by atoms with van der Waals surface area (Å²) < 4.78 is 22.8. The average molecular weight is 333 g/mol. The predicted octanol–water partition coefficient (Wildman–Crippen LogP) is 1.33. The summed E-state index contributed by atoms with van der Waals surface area (Å²) in [6.45, 7) is 5.47. The maximum Gasteiger partial charge on any atom is 0.254 e. The molecule has 0 aliphatic carbocycles. The minimum absolute atomic E-state index is 0. The topological polar surface area (TPSA) is 66.5 Å². The van der Waals surface area contributed by atoms with Gasteiger partial charge in [0.1, 0.15) is 0 Å². The molecule has 21 heavy (non-hydrogen) atoms. The van der Waals surface area contributed by atoms with Gasteiger partial charge in [-0.3, -0.25) is 4.79 Å². The van der Waals surface area contributed by atoms with E-state index in [-0.39, 0.29) is 35.3 Å². The van der Waals surface area contributed by atoms with E-state index in [1.54, 1.807) is 12.1 Å². The quantitative estimate of drug-likeness (QED) is 0.887. The Morgan fingerprint density at radius 2 is 1.81 bits per heavy atom. The Kier molecular flexibility index (Phi) is 5.78. The number of piperazine rings is 1. The first-order valence-electron chi connectivity index (χ1n) is 6.63. The van der Waals surface area contributed by atoms with Crippen LogP contribution in [-0.2, 0) is 9.84 Å².